The van der Waals surface area contributed by atoms with E-state index in [4.69, 9.17) is 0 Å². The zero-order valence-corrected chi connectivity index (χ0v) is 38.0. The molecule has 2 aliphatic carbocycles. The molecule has 0 fully saturated rings. The maximum atomic E-state index is 2.79. The van der Waals surface area contributed by atoms with E-state index in [1.807, 2.05) is 11.3 Å². The number of fused-ring (bicyclic) bond motifs is 10. The van der Waals surface area contributed by atoms with Crippen molar-refractivity contribution in [3.05, 3.63) is 123 Å². The van der Waals surface area contributed by atoms with Gasteiger partial charge in [0.05, 0.1) is 11.4 Å². The topological polar surface area (TPSA) is 6.48 Å². The van der Waals surface area contributed by atoms with Crippen LogP contribution in [-0.4, -0.2) is 6.71 Å². The summed E-state index contributed by atoms with van der Waals surface area (Å²) in [6.45, 7) is 31.6. The lowest BCUT2D eigenvalue weighted by atomic mass is 9.35. The average Bonchev–Trinajstić information content (AvgIpc) is 3.52. The molecule has 1 aromatic heterocycles. The van der Waals surface area contributed by atoms with Crippen molar-refractivity contribution >= 4 is 78.0 Å². The van der Waals surface area contributed by atoms with Crippen LogP contribution in [0, 0.1) is 20.8 Å². The minimum Gasteiger partial charge on any atom is -0.311 e. The highest BCUT2D eigenvalue weighted by molar-refractivity contribution is 7.33. The van der Waals surface area contributed by atoms with Crippen molar-refractivity contribution in [3.8, 4) is 0 Å². The summed E-state index contributed by atoms with van der Waals surface area (Å²) < 4.78 is 2.85. The third-order valence-electron chi connectivity index (χ3n) is 15.8. The van der Waals surface area contributed by atoms with Crippen molar-refractivity contribution in [2.75, 3.05) is 9.80 Å². The first-order valence-corrected chi connectivity index (χ1v) is 22.8. The van der Waals surface area contributed by atoms with E-state index >= 15 is 0 Å². The van der Waals surface area contributed by atoms with Gasteiger partial charge < -0.3 is 9.80 Å². The summed E-state index contributed by atoms with van der Waals surface area (Å²) in [4.78, 5) is 5.47. The molecule has 0 amide bonds. The normalized spacial score (nSPS) is 21.3. The first-order chi connectivity index (χ1) is 27.2. The van der Waals surface area contributed by atoms with Crippen LogP contribution in [0.4, 0.5) is 34.1 Å². The Balaban J connectivity index is 1.29. The van der Waals surface area contributed by atoms with Crippen LogP contribution in [0.25, 0.3) is 10.1 Å². The third kappa shape index (κ3) is 4.68. The number of benzene rings is 5. The van der Waals surface area contributed by atoms with E-state index in [2.05, 4.69) is 173 Å². The van der Waals surface area contributed by atoms with E-state index in [1.54, 1.807) is 22.3 Å². The monoisotopic (exact) mass is 778 g/mol. The largest absolute Gasteiger partial charge is 0.311 e. The summed E-state index contributed by atoms with van der Waals surface area (Å²) in [5.74, 6) is 0. The Bertz CT molecular complexity index is 2830. The van der Waals surface area contributed by atoms with Crippen LogP contribution in [0.5, 0.6) is 0 Å². The highest BCUT2D eigenvalue weighted by Gasteiger charge is 2.54. The fourth-order valence-corrected chi connectivity index (χ4v) is 13.4. The molecule has 0 saturated heterocycles. The number of hydrogen-bond acceptors (Lipinski definition) is 3. The van der Waals surface area contributed by atoms with Gasteiger partial charge >= 0.3 is 0 Å². The van der Waals surface area contributed by atoms with Crippen molar-refractivity contribution in [3.63, 3.8) is 0 Å². The zero-order chi connectivity index (χ0) is 40.8. The fraction of sp³-hybridized carbons (Fsp3) is 0.407. The molecule has 3 aliphatic heterocycles. The predicted octanol–water partition coefficient (Wildman–Crippen LogP) is 13.2. The van der Waals surface area contributed by atoms with Gasteiger partial charge in [-0.1, -0.05) is 111 Å². The molecule has 1 unspecified atom stereocenters. The molecule has 4 heterocycles. The zero-order valence-electron chi connectivity index (χ0n) is 37.1. The second kappa shape index (κ2) is 11.3. The average molecular weight is 779 g/mol. The lowest BCUT2D eigenvalue weighted by Gasteiger charge is -2.55. The van der Waals surface area contributed by atoms with Gasteiger partial charge in [-0.2, -0.15) is 0 Å². The summed E-state index contributed by atoms with van der Waals surface area (Å²) in [7, 11) is 0. The number of nitrogens with zero attached hydrogens (tertiary/aromatic N) is 2. The molecule has 2 nitrogen and oxygen atoms in total. The quantitative estimate of drug-likeness (QED) is 0.153. The maximum Gasteiger partial charge on any atom is 0.264 e. The lowest BCUT2D eigenvalue weighted by Crippen LogP contribution is -2.62. The standard InChI is InChI=1S/C54H59BN2S/c1-30-14-19-44-34(24-30)47-49(58-44)55-39-17-16-35-45-48(39)57(43-26-31(2)25-42(46(43)55)56(47)40-18-15-33(27-32(40)3)50(4,5)6)41-29-37-36(52(9,10)20-21-53(37,11)12)28-38(41)54(45,13)23-22-51(35,7)8/h14-19,24-29H,20-23H2,1-13H3. The van der Waals surface area contributed by atoms with E-state index in [-0.39, 0.29) is 33.8 Å². The summed E-state index contributed by atoms with van der Waals surface area (Å²) in [6, 6.07) is 30.0. The van der Waals surface area contributed by atoms with Crippen molar-refractivity contribution < 1.29 is 0 Å². The van der Waals surface area contributed by atoms with Crippen LogP contribution in [0.3, 0.4) is 0 Å². The molecule has 0 saturated carbocycles. The summed E-state index contributed by atoms with van der Waals surface area (Å²) in [5.41, 5.74) is 24.6. The van der Waals surface area contributed by atoms with Gasteiger partial charge in [-0.15, -0.1) is 11.3 Å². The van der Waals surface area contributed by atoms with E-state index in [0.717, 1.165) is 6.42 Å². The molecule has 0 radical (unpaired) electrons. The van der Waals surface area contributed by atoms with Crippen molar-refractivity contribution in [1.82, 2.24) is 0 Å². The SMILES string of the molecule is Cc1cc2c3c(c1)N(c1ccc(C(C)(C)C)cc1C)c1c(sc4ccc(C)cc14)B3c1ccc3c4c1N2c1cc2c(cc1C4(C)CCC3(C)C)C(C)(C)CCC2(C)C. The molecule has 58 heavy (non-hydrogen) atoms. The van der Waals surface area contributed by atoms with E-state index in [0.29, 0.717) is 0 Å². The number of thiophene rings is 1. The van der Waals surface area contributed by atoms with Crippen molar-refractivity contribution in [2.45, 2.75) is 143 Å². The summed E-state index contributed by atoms with van der Waals surface area (Å²) in [5, 5.41) is 1.37. The van der Waals surface area contributed by atoms with Gasteiger partial charge in [0.25, 0.3) is 6.71 Å². The Hall–Kier alpha value is -4.28. The number of hydrogen-bond donors (Lipinski definition) is 0. The van der Waals surface area contributed by atoms with Gasteiger partial charge in [-0.05, 0) is 160 Å². The Morgan fingerprint density at radius 1 is 0.569 bits per heavy atom. The van der Waals surface area contributed by atoms with Gasteiger partial charge in [0.1, 0.15) is 0 Å². The van der Waals surface area contributed by atoms with Crippen molar-refractivity contribution in [2.24, 2.45) is 0 Å². The molecule has 5 aromatic carbocycles. The number of rotatable bonds is 1. The molecule has 5 aliphatic rings. The highest BCUT2D eigenvalue weighted by Crippen LogP contribution is 2.63. The molecule has 0 spiro atoms. The van der Waals surface area contributed by atoms with Gasteiger partial charge in [0.15, 0.2) is 0 Å². The van der Waals surface area contributed by atoms with Crippen LogP contribution in [-0.2, 0) is 27.1 Å². The Labute approximate surface area is 351 Å². The number of anilines is 6. The Morgan fingerprint density at radius 2 is 1.21 bits per heavy atom. The first kappa shape index (κ1) is 36.8. The number of aryl methyl sites for hydroxylation is 3. The fourth-order valence-electron chi connectivity index (χ4n) is 12.1. The first-order valence-electron chi connectivity index (χ1n) is 22.0. The van der Waals surface area contributed by atoms with Crippen LogP contribution in [0.2, 0.25) is 0 Å². The van der Waals surface area contributed by atoms with E-state index in [1.165, 1.54) is 107 Å². The smallest absolute Gasteiger partial charge is 0.264 e. The summed E-state index contributed by atoms with van der Waals surface area (Å²) >= 11 is 2.03. The maximum absolute atomic E-state index is 2.79. The second-order valence-electron chi connectivity index (χ2n) is 22.2. The van der Waals surface area contributed by atoms with Crippen molar-refractivity contribution in [1.29, 1.82) is 0 Å². The molecular weight excluding hydrogens is 719 g/mol. The van der Waals surface area contributed by atoms with Gasteiger partial charge in [-0.3, -0.25) is 0 Å². The Morgan fingerprint density at radius 3 is 1.88 bits per heavy atom. The van der Waals surface area contributed by atoms with E-state index < -0.39 is 0 Å². The molecule has 6 aromatic rings. The molecule has 0 bridgehead atoms. The highest BCUT2D eigenvalue weighted by atomic mass is 32.1. The molecule has 11 rings (SSSR count). The van der Waals surface area contributed by atoms with Crippen LogP contribution < -0.4 is 25.5 Å². The minimum atomic E-state index is -0.0778. The summed E-state index contributed by atoms with van der Waals surface area (Å²) in [6.07, 6.45) is 4.78. The second-order valence-corrected chi connectivity index (χ2v) is 23.3. The van der Waals surface area contributed by atoms with E-state index in [9.17, 15) is 0 Å². The van der Waals surface area contributed by atoms with Gasteiger partial charge in [-0.25, -0.2) is 0 Å². The predicted molar refractivity (Wildman–Crippen MR) is 253 cm³/mol. The molecule has 4 heteroatoms. The molecular formula is C54H59BN2S. The van der Waals surface area contributed by atoms with Crippen LogP contribution >= 0.6 is 11.3 Å². The third-order valence-corrected chi connectivity index (χ3v) is 17.0. The van der Waals surface area contributed by atoms with Gasteiger partial charge in [0.2, 0.25) is 0 Å². The molecule has 0 N–H and O–H groups in total. The van der Waals surface area contributed by atoms with Crippen LogP contribution in [0.1, 0.15) is 145 Å². The minimum absolute atomic E-state index is 0.0761. The molecule has 1 atom stereocenters. The lowest BCUT2D eigenvalue weighted by molar-refractivity contribution is 0.327. The van der Waals surface area contributed by atoms with Crippen LogP contribution in [0.15, 0.2) is 72.8 Å². The van der Waals surface area contributed by atoms with Gasteiger partial charge in [0, 0.05) is 43.0 Å². The Kier molecular flexibility index (Phi) is 7.17. The molecule has 294 valence electrons.